The van der Waals surface area contributed by atoms with Crippen molar-refractivity contribution in [2.24, 2.45) is 0 Å². The van der Waals surface area contributed by atoms with Gasteiger partial charge in [-0.25, -0.2) is 9.97 Å². The van der Waals surface area contributed by atoms with Crippen molar-refractivity contribution in [1.29, 1.82) is 0 Å². The number of ether oxygens (including phenoxy) is 1. The molecule has 3 aromatic rings. The summed E-state index contributed by atoms with van der Waals surface area (Å²) in [5.41, 5.74) is 3.81. The molecule has 0 bridgehead atoms. The van der Waals surface area contributed by atoms with Gasteiger partial charge in [0.25, 0.3) is 5.91 Å². The molecular weight excluding hydrogens is 514 g/mol. The Morgan fingerprint density at radius 2 is 1.90 bits per heavy atom. The second-order valence-electron chi connectivity index (χ2n) is 10.0. The van der Waals surface area contributed by atoms with E-state index < -0.39 is 6.04 Å². The highest BCUT2D eigenvalue weighted by Gasteiger charge is 2.36. The number of halogens is 1. The molecule has 2 aliphatic rings. The van der Waals surface area contributed by atoms with Crippen molar-refractivity contribution in [3.8, 4) is 11.3 Å². The fourth-order valence-corrected chi connectivity index (χ4v) is 5.51. The van der Waals surface area contributed by atoms with Gasteiger partial charge in [0.2, 0.25) is 11.9 Å². The number of amides is 2. The van der Waals surface area contributed by atoms with Crippen LogP contribution in [0.4, 0.5) is 5.95 Å². The smallest absolute Gasteiger partial charge is 0.255 e. The molecule has 39 heavy (non-hydrogen) atoms. The number of carbonyl (C=O) groups is 2. The average molecular weight is 548 g/mol. The fraction of sp³-hybridized carbons (Fsp3) is 0.400. The molecule has 8 nitrogen and oxygen atoms in total. The Balaban J connectivity index is 1.33. The first kappa shape index (κ1) is 27.1. The van der Waals surface area contributed by atoms with Crippen LogP contribution in [0.15, 0.2) is 54.7 Å². The predicted octanol–water partition coefficient (Wildman–Crippen LogP) is 5.39. The maximum atomic E-state index is 13.6. The summed E-state index contributed by atoms with van der Waals surface area (Å²) in [6.45, 7) is 5.78. The summed E-state index contributed by atoms with van der Waals surface area (Å²) in [6.07, 6.45) is 4.64. The Hall–Kier alpha value is -3.49. The van der Waals surface area contributed by atoms with Crippen LogP contribution < -0.4 is 10.6 Å². The maximum Gasteiger partial charge on any atom is 0.255 e. The zero-order valence-electron chi connectivity index (χ0n) is 22.3. The summed E-state index contributed by atoms with van der Waals surface area (Å²) >= 11 is 6.50. The van der Waals surface area contributed by atoms with Gasteiger partial charge in [-0.2, -0.15) is 0 Å². The van der Waals surface area contributed by atoms with Gasteiger partial charge in [0, 0.05) is 36.9 Å². The molecule has 0 spiro atoms. The van der Waals surface area contributed by atoms with Gasteiger partial charge < -0.3 is 20.3 Å². The van der Waals surface area contributed by atoms with Crippen LogP contribution in [0.3, 0.4) is 0 Å². The average Bonchev–Trinajstić information content (AvgIpc) is 3.29. The predicted molar refractivity (Wildman–Crippen MR) is 152 cm³/mol. The second kappa shape index (κ2) is 12.1. The molecule has 2 amide bonds. The number of rotatable bonds is 9. The lowest BCUT2D eigenvalue weighted by Gasteiger charge is -2.28. The van der Waals surface area contributed by atoms with Gasteiger partial charge >= 0.3 is 0 Å². The number of fused-ring (bicyclic) bond motifs is 1. The molecule has 0 unspecified atom stereocenters. The molecule has 2 atom stereocenters. The zero-order valence-corrected chi connectivity index (χ0v) is 23.1. The van der Waals surface area contributed by atoms with Crippen LogP contribution in [-0.4, -0.2) is 52.0 Å². The van der Waals surface area contributed by atoms with E-state index in [1.165, 1.54) is 0 Å². The number of benzene rings is 2. The maximum absolute atomic E-state index is 13.6. The van der Waals surface area contributed by atoms with Crippen LogP contribution >= 0.6 is 11.6 Å². The Labute approximate surface area is 234 Å². The number of anilines is 1. The van der Waals surface area contributed by atoms with Gasteiger partial charge in [-0.3, -0.25) is 9.59 Å². The van der Waals surface area contributed by atoms with Gasteiger partial charge in [0.1, 0.15) is 6.04 Å². The quantitative estimate of drug-likeness (QED) is 0.373. The number of carbonyl (C=O) groups excluding carboxylic acids is 2. The molecule has 0 radical (unpaired) electrons. The van der Waals surface area contributed by atoms with Crippen LogP contribution in [0.5, 0.6) is 0 Å². The highest BCUT2D eigenvalue weighted by atomic mass is 35.5. The Kier molecular flexibility index (Phi) is 8.43. The van der Waals surface area contributed by atoms with Crippen LogP contribution in [0, 0.1) is 0 Å². The molecular formula is C30H34ClN5O3. The normalized spacial score (nSPS) is 17.0. The van der Waals surface area contributed by atoms with Crippen molar-refractivity contribution in [2.75, 3.05) is 18.5 Å². The molecule has 1 saturated heterocycles. The zero-order chi connectivity index (χ0) is 27.4. The third-order valence-electron chi connectivity index (χ3n) is 7.51. The lowest BCUT2D eigenvalue weighted by atomic mass is 10.0. The molecule has 0 saturated carbocycles. The monoisotopic (exact) mass is 547 g/mol. The van der Waals surface area contributed by atoms with Gasteiger partial charge in [-0.1, -0.05) is 67.9 Å². The van der Waals surface area contributed by atoms with E-state index in [9.17, 15) is 9.59 Å². The number of nitrogens with zero attached hydrogens (tertiary/aromatic N) is 3. The van der Waals surface area contributed by atoms with Crippen LogP contribution in [-0.2, 0) is 16.1 Å². The van der Waals surface area contributed by atoms with Gasteiger partial charge in [-0.15, -0.1) is 0 Å². The first-order valence-corrected chi connectivity index (χ1v) is 14.0. The van der Waals surface area contributed by atoms with Gasteiger partial charge in [-0.05, 0) is 42.9 Å². The second-order valence-corrected chi connectivity index (χ2v) is 10.4. The molecule has 1 aromatic heterocycles. The van der Waals surface area contributed by atoms with Crippen molar-refractivity contribution in [2.45, 2.75) is 64.2 Å². The topological polar surface area (TPSA) is 96.5 Å². The molecule has 204 valence electrons. The van der Waals surface area contributed by atoms with Crippen molar-refractivity contribution >= 4 is 29.4 Å². The number of aromatic nitrogens is 2. The summed E-state index contributed by atoms with van der Waals surface area (Å²) in [5, 5.41) is 6.94. The first-order valence-electron chi connectivity index (χ1n) is 13.6. The molecule has 9 heteroatoms. The SMILES string of the molecule is CC[C@H](C(=O)N[C@H](CC)c1ccccc1)N1Cc2ccc(-c3nc(NC4CCOCC4)ncc3Cl)cc2C1=O. The third-order valence-corrected chi connectivity index (χ3v) is 7.78. The Morgan fingerprint density at radius 1 is 1.13 bits per heavy atom. The molecule has 2 aliphatic heterocycles. The number of nitrogens with one attached hydrogen (secondary N) is 2. The van der Waals surface area contributed by atoms with E-state index in [0.717, 1.165) is 36.0 Å². The van der Waals surface area contributed by atoms with E-state index in [4.69, 9.17) is 16.3 Å². The fourth-order valence-electron chi connectivity index (χ4n) is 5.31. The van der Waals surface area contributed by atoms with E-state index in [2.05, 4.69) is 20.6 Å². The highest BCUT2D eigenvalue weighted by Crippen LogP contribution is 2.33. The van der Waals surface area contributed by atoms with Crippen molar-refractivity contribution in [3.63, 3.8) is 0 Å². The van der Waals surface area contributed by atoms with Gasteiger partial charge in [0.15, 0.2) is 0 Å². The van der Waals surface area contributed by atoms with Crippen LogP contribution in [0.1, 0.15) is 67.1 Å². The summed E-state index contributed by atoms with van der Waals surface area (Å²) in [7, 11) is 0. The molecule has 3 heterocycles. The highest BCUT2D eigenvalue weighted by molar-refractivity contribution is 6.33. The minimum Gasteiger partial charge on any atom is -0.381 e. The molecule has 1 fully saturated rings. The van der Waals surface area contributed by atoms with E-state index in [1.807, 2.05) is 62.4 Å². The van der Waals surface area contributed by atoms with Crippen LogP contribution in [0.25, 0.3) is 11.3 Å². The number of hydrogen-bond donors (Lipinski definition) is 2. The molecule has 0 aliphatic carbocycles. The minimum atomic E-state index is -0.566. The lowest BCUT2D eigenvalue weighted by molar-refractivity contribution is -0.126. The van der Waals surface area contributed by atoms with Crippen molar-refractivity contribution in [3.05, 3.63) is 76.4 Å². The summed E-state index contributed by atoms with van der Waals surface area (Å²) in [4.78, 5) is 37.7. The molecule has 2 N–H and O–H groups in total. The Bertz CT molecular complexity index is 1330. The summed E-state index contributed by atoms with van der Waals surface area (Å²) in [6, 6.07) is 15.2. The van der Waals surface area contributed by atoms with E-state index in [1.54, 1.807) is 11.1 Å². The Morgan fingerprint density at radius 3 is 2.62 bits per heavy atom. The van der Waals surface area contributed by atoms with Crippen molar-refractivity contribution < 1.29 is 14.3 Å². The third kappa shape index (κ3) is 5.92. The standard InChI is InChI=1S/C30H34ClN5O3/c1-3-25(19-8-6-5-7-9-19)34-28(37)26(4-2)36-18-21-11-10-20(16-23(21)29(36)38)27-24(31)17-32-30(35-27)33-22-12-14-39-15-13-22/h5-11,16-17,22,25-26H,3-4,12-15,18H2,1-2H3,(H,34,37)(H,32,33,35)/t25-,26-/m1/s1. The molecule has 2 aromatic carbocycles. The summed E-state index contributed by atoms with van der Waals surface area (Å²) < 4.78 is 5.43. The largest absolute Gasteiger partial charge is 0.381 e. The minimum absolute atomic E-state index is 0.108. The molecule has 5 rings (SSSR count). The number of hydrogen-bond acceptors (Lipinski definition) is 6. The van der Waals surface area contributed by atoms with Crippen molar-refractivity contribution in [1.82, 2.24) is 20.2 Å². The summed E-state index contributed by atoms with van der Waals surface area (Å²) in [5.74, 6) is 0.200. The van der Waals surface area contributed by atoms with E-state index in [0.29, 0.717) is 48.4 Å². The van der Waals surface area contributed by atoms with E-state index >= 15 is 0 Å². The van der Waals surface area contributed by atoms with E-state index in [-0.39, 0.29) is 23.9 Å². The first-order chi connectivity index (χ1) is 19.0. The van der Waals surface area contributed by atoms with Crippen LogP contribution in [0.2, 0.25) is 5.02 Å². The van der Waals surface area contributed by atoms with Gasteiger partial charge in [0.05, 0.1) is 23.0 Å². The lowest BCUT2D eigenvalue weighted by Crippen LogP contribution is -2.47.